The molecule has 0 N–H and O–H groups in total. The van der Waals surface area contributed by atoms with Crippen molar-refractivity contribution >= 4 is 23.3 Å². The van der Waals surface area contributed by atoms with Gasteiger partial charge in [0.1, 0.15) is 0 Å². The van der Waals surface area contributed by atoms with E-state index in [-0.39, 0.29) is 37.3 Å². The summed E-state index contributed by atoms with van der Waals surface area (Å²) < 4.78 is 45.3. The first-order valence-corrected chi connectivity index (χ1v) is 9.65. The number of hydrogen-bond donors (Lipinski definition) is 0. The van der Waals surface area contributed by atoms with E-state index < -0.39 is 24.1 Å². The number of nitrogens with zero attached hydrogens (tertiary/aromatic N) is 3. The van der Waals surface area contributed by atoms with Gasteiger partial charge in [-0.3, -0.25) is 14.0 Å². The fraction of sp³-hybridized carbons (Fsp3) is 0.350. The number of aryl methyl sites for hydroxylation is 1. The quantitative estimate of drug-likeness (QED) is 0.514. The number of carbonyl (C=O) groups excluding carboxylic acids is 1. The lowest BCUT2D eigenvalue weighted by Crippen LogP contribution is -2.24. The van der Waals surface area contributed by atoms with E-state index in [2.05, 4.69) is 4.98 Å². The Kier molecular flexibility index (Phi) is 6.50. The maximum absolute atomic E-state index is 12.9. The average Bonchev–Trinajstić information content (AvgIpc) is 3.11. The zero-order chi connectivity index (χ0) is 21.9. The molecule has 3 rings (SSSR count). The Morgan fingerprint density at radius 1 is 1.20 bits per heavy atom. The summed E-state index contributed by atoms with van der Waals surface area (Å²) in [6.45, 7) is 1.79. The van der Waals surface area contributed by atoms with E-state index in [9.17, 15) is 22.8 Å². The molecule has 30 heavy (non-hydrogen) atoms. The minimum absolute atomic E-state index is 0.0177. The predicted molar refractivity (Wildman–Crippen MR) is 106 cm³/mol. The van der Waals surface area contributed by atoms with Crippen molar-refractivity contribution in [2.24, 2.45) is 0 Å². The number of esters is 1. The molecule has 0 bridgehead atoms. The largest absolute Gasteiger partial charge is 0.466 e. The van der Waals surface area contributed by atoms with Crippen LogP contribution in [0.5, 0.6) is 0 Å². The van der Waals surface area contributed by atoms with Crippen molar-refractivity contribution < 1.29 is 22.7 Å². The van der Waals surface area contributed by atoms with E-state index in [1.165, 1.54) is 21.4 Å². The SMILES string of the molecule is CCOC(=O)Cc1cn(CCCC(F)(F)F)c2nc(-c3ccc(Cl)cc3)cn2c1=O. The lowest BCUT2D eigenvalue weighted by atomic mass is 10.2. The van der Waals surface area contributed by atoms with Crippen LogP contribution in [0.3, 0.4) is 0 Å². The van der Waals surface area contributed by atoms with Crippen molar-refractivity contribution in [2.75, 3.05) is 6.61 Å². The topological polar surface area (TPSA) is 65.6 Å². The molecule has 10 heteroatoms. The predicted octanol–water partition coefficient (Wildman–Crippen LogP) is 4.26. The third-order valence-corrected chi connectivity index (χ3v) is 4.64. The smallest absolute Gasteiger partial charge is 0.389 e. The molecule has 3 aromatic rings. The van der Waals surface area contributed by atoms with Crippen molar-refractivity contribution in [1.82, 2.24) is 14.0 Å². The van der Waals surface area contributed by atoms with Gasteiger partial charge >= 0.3 is 12.1 Å². The molecular formula is C20H19ClF3N3O3. The normalized spacial score (nSPS) is 11.8. The first-order valence-electron chi connectivity index (χ1n) is 9.27. The molecule has 0 unspecified atom stereocenters. The summed E-state index contributed by atoms with van der Waals surface area (Å²) in [4.78, 5) is 29.1. The van der Waals surface area contributed by atoms with Crippen molar-refractivity contribution in [3.63, 3.8) is 0 Å². The van der Waals surface area contributed by atoms with Gasteiger partial charge in [0.2, 0.25) is 5.78 Å². The molecule has 0 radical (unpaired) electrons. The Balaban J connectivity index is 2.05. The zero-order valence-electron chi connectivity index (χ0n) is 16.1. The molecule has 0 aliphatic heterocycles. The number of aromatic nitrogens is 3. The van der Waals surface area contributed by atoms with Gasteiger partial charge in [-0.1, -0.05) is 23.7 Å². The third-order valence-electron chi connectivity index (χ3n) is 4.39. The van der Waals surface area contributed by atoms with Crippen LogP contribution in [0.4, 0.5) is 13.2 Å². The summed E-state index contributed by atoms with van der Waals surface area (Å²) in [6.07, 6.45) is -2.85. The third kappa shape index (κ3) is 5.21. The van der Waals surface area contributed by atoms with E-state index in [0.717, 1.165) is 0 Å². The molecule has 1 aromatic carbocycles. The van der Waals surface area contributed by atoms with Crippen LogP contribution in [-0.4, -0.2) is 32.7 Å². The van der Waals surface area contributed by atoms with Crippen LogP contribution in [-0.2, 0) is 22.5 Å². The van der Waals surface area contributed by atoms with Gasteiger partial charge in [-0.05, 0) is 25.5 Å². The molecule has 0 spiro atoms. The fourth-order valence-electron chi connectivity index (χ4n) is 3.04. The summed E-state index contributed by atoms with van der Waals surface area (Å²) in [5.41, 5.74) is 0.795. The standard InChI is InChI=1S/C20H19ClF3N3O3/c1-2-30-17(28)10-14-11-26(9-3-8-20(22,23)24)19-25-16(12-27(19)18(14)29)13-4-6-15(21)7-5-13/h4-7,11-12H,2-3,8-10H2,1H3. The van der Waals surface area contributed by atoms with Crippen LogP contribution in [0.15, 0.2) is 41.5 Å². The van der Waals surface area contributed by atoms with Gasteiger partial charge < -0.3 is 9.30 Å². The lowest BCUT2D eigenvalue weighted by molar-refractivity contribution is -0.142. The van der Waals surface area contributed by atoms with Crippen LogP contribution < -0.4 is 5.56 Å². The highest BCUT2D eigenvalue weighted by Gasteiger charge is 2.26. The number of alkyl halides is 3. The molecule has 0 aliphatic carbocycles. The summed E-state index contributed by atoms with van der Waals surface area (Å²) in [5, 5.41) is 0.533. The molecule has 160 valence electrons. The van der Waals surface area contributed by atoms with Crippen molar-refractivity contribution in [3.8, 4) is 11.3 Å². The molecule has 2 aromatic heterocycles. The van der Waals surface area contributed by atoms with Crippen molar-refractivity contribution in [1.29, 1.82) is 0 Å². The molecule has 0 fully saturated rings. The van der Waals surface area contributed by atoms with Crippen molar-refractivity contribution in [2.45, 2.75) is 38.9 Å². The molecule has 6 nitrogen and oxygen atoms in total. The van der Waals surface area contributed by atoms with Gasteiger partial charge in [0, 0.05) is 41.5 Å². The summed E-state index contributed by atoms with van der Waals surface area (Å²) in [6, 6.07) is 6.79. The second-order valence-electron chi connectivity index (χ2n) is 6.66. The molecule has 2 heterocycles. The van der Waals surface area contributed by atoms with E-state index in [1.807, 2.05) is 0 Å². The van der Waals surface area contributed by atoms with Crippen LogP contribution in [0, 0.1) is 0 Å². The van der Waals surface area contributed by atoms with E-state index >= 15 is 0 Å². The highest BCUT2D eigenvalue weighted by molar-refractivity contribution is 6.30. The molecule has 0 saturated carbocycles. The average molecular weight is 442 g/mol. The van der Waals surface area contributed by atoms with E-state index in [4.69, 9.17) is 16.3 Å². The number of carbonyl (C=O) groups is 1. The first kappa shape index (κ1) is 21.9. The molecule has 0 atom stereocenters. The second-order valence-corrected chi connectivity index (χ2v) is 7.09. The van der Waals surface area contributed by atoms with Gasteiger partial charge in [-0.2, -0.15) is 13.2 Å². The van der Waals surface area contributed by atoms with E-state index in [0.29, 0.717) is 16.3 Å². The maximum Gasteiger partial charge on any atom is 0.389 e. The minimum atomic E-state index is -4.28. The number of rotatable bonds is 7. The summed E-state index contributed by atoms with van der Waals surface area (Å²) in [7, 11) is 0. The van der Waals surface area contributed by atoms with Gasteiger partial charge in [0.25, 0.3) is 5.56 Å². The van der Waals surface area contributed by atoms with Crippen LogP contribution in [0.2, 0.25) is 5.02 Å². The van der Waals surface area contributed by atoms with E-state index in [1.54, 1.807) is 31.2 Å². The number of imidazole rings is 1. The number of ether oxygens (including phenoxy) is 1. The lowest BCUT2D eigenvalue weighted by Gasteiger charge is -2.12. The van der Waals surface area contributed by atoms with Gasteiger partial charge in [-0.25, -0.2) is 4.98 Å². The Labute approximate surface area is 174 Å². The number of fused-ring (bicyclic) bond motifs is 1. The number of hydrogen-bond acceptors (Lipinski definition) is 4. The highest BCUT2D eigenvalue weighted by atomic mass is 35.5. The van der Waals surface area contributed by atoms with Crippen molar-refractivity contribution in [3.05, 3.63) is 57.6 Å². The summed E-state index contributed by atoms with van der Waals surface area (Å²) >= 11 is 5.90. The van der Waals surface area contributed by atoms with Gasteiger partial charge in [0.05, 0.1) is 18.7 Å². The molecule has 0 amide bonds. The molecule has 0 aliphatic rings. The maximum atomic E-state index is 12.9. The number of benzene rings is 1. The Morgan fingerprint density at radius 2 is 1.90 bits per heavy atom. The Morgan fingerprint density at radius 3 is 2.53 bits per heavy atom. The highest BCUT2D eigenvalue weighted by Crippen LogP contribution is 2.23. The molecule has 0 saturated heterocycles. The van der Waals surface area contributed by atoms with Crippen LogP contribution >= 0.6 is 11.6 Å². The Hall–Kier alpha value is -2.81. The van der Waals surface area contributed by atoms with Gasteiger partial charge in [0.15, 0.2) is 0 Å². The van der Waals surface area contributed by atoms with Crippen LogP contribution in [0.25, 0.3) is 17.0 Å². The Bertz CT molecular complexity index is 1100. The fourth-order valence-corrected chi connectivity index (χ4v) is 3.17. The minimum Gasteiger partial charge on any atom is -0.466 e. The molecular weight excluding hydrogens is 423 g/mol. The first-order chi connectivity index (χ1) is 14.2. The second kappa shape index (κ2) is 8.91. The van der Waals surface area contributed by atoms with Gasteiger partial charge in [-0.15, -0.1) is 0 Å². The van der Waals surface area contributed by atoms with Crippen LogP contribution in [0.1, 0.15) is 25.3 Å². The number of halogens is 4. The monoisotopic (exact) mass is 441 g/mol. The zero-order valence-corrected chi connectivity index (χ0v) is 16.8. The summed E-state index contributed by atoms with van der Waals surface area (Å²) in [5.74, 6) is -0.395.